The molecule has 0 aromatic carbocycles. The van der Waals surface area contributed by atoms with Crippen LogP contribution in [0.15, 0.2) is 0 Å². The van der Waals surface area contributed by atoms with Gasteiger partial charge in [-0.3, -0.25) is 0 Å². The zero-order valence-electron chi connectivity index (χ0n) is 11.7. The molecule has 21 heavy (non-hydrogen) atoms. The molecule has 0 spiro atoms. The van der Waals surface area contributed by atoms with Gasteiger partial charge in [-0.2, -0.15) is 0 Å². The van der Waals surface area contributed by atoms with Gasteiger partial charge >= 0.3 is 151 Å². The van der Waals surface area contributed by atoms with Gasteiger partial charge in [0.1, 0.15) is 0 Å². The Labute approximate surface area is 149 Å². The van der Waals surface area contributed by atoms with Crippen molar-refractivity contribution in [2.75, 3.05) is 23.0 Å². The molecule has 4 aliphatic heterocycles. The normalized spacial score (nSPS) is 41.1. The monoisotopic (exact) mass is 446 g/mol. The standard InChI is InChI=1S/4C3H5OS.Zr/c4*4-3-1-2-5-3;/h4*3H,1-2H2;/q4*-1;+4. The fourth-order valence-corrected chi connectivity index (χ4v) is 14.0. The van der Waals surface area contributed by atoms with Crippen LogP contribution in [-0.4, -0.2) is 44.8 Å². The quantitative estimate of drug-likeness (QED) is 0.557. The van der Waals surface area contributed by atoms with E-state index in [0.29, 0.717) is 0 Å². The Balaban J connectivity index is 1.45. The van der Waals surface area contributed by atoms with Gasteiger partial charge in [0.25, 0.3) is 0 Å². The average Bonchev–Trinajstić information content (AvgIpc) is 2.28. The van der Waals surface area contributed by atoms with Gasteiger partial charge in [-0.1, -0.05) is 0 Å². The van der Waals surface area contributed by atoms with E-state index in [1.54, 1.807) is 0 Å². The molecule has 0 aromatic rings. The molecular formula is C12H20O4S4Zr. The van der Waals surface area contributed by atoms with Crippen LogP contribution >= 0.6 is 47.0 Å². The van der Waals surface area contributed by atoms with E-state index in [1.165, 1.54) is 23.0 Å². The van der Waals surface area contributed by atoms with Crippen LogP contribution in [0.5, 0.6) is 0 Å². The van der Waals surface area contributed by atoms with Crippen molar-refractivity contribution in [1.82, 2.24) is 0 Å². The number of hydrogen-bond acceptors (Lipinski definition) is 8. The maximum absolute atomic E-state index is 6.36. The van der Waals surface area contributed by atoms with Crippen molar-refractivity contribution in [1.29, 1.82) is 0 Å². The number of rotatable bonds is 8. The Morgan fingerprint density at radius 1 is 0.524 bits per heavy atom. The Morgan fingerprint density at radius 3 is 0.905 bits per heavy atom. The SMILES string of the molecule is C1CC([O][Zr]([O]C2CCS2)([O]C2CCS2)[O]C2CCS2)S1. The molecule has 0 amide bonds. The van der Waals surface area contributed by atoms with Gasteiger partial charge < -0.3 is 0 Å². The first-order valence-corrected chi connectivity index (χ1v) is 15.7. The average molecular weight is 448 g/mol. The molecule has 0 aromatic heterocycles. The van der Waals surface area contributed by atoms with Gasteiger partial charge in [-0.05, 0) is 0 Å². The molecule has 4 rings (SSSR count). The van der Waals surface area contributed by atoms with Crippen LogP contribution in [0.3, 0.4) is 0 Å². The summed E-state index contributed by atoms with van der Waals surface area (Å²) in [5, 5.41) is 0. The predicted octanol–water partition coefficient (Wildman–Crippen LogP) is 3.72. The molecule has 4 atom stereocenters. The Kier molecular flexibility index (Phi) is 5.97. The molecule has 4 fully saturated rings. The maximum atomic E-state index is 6.36. The van der Waals surface area contributed by atoms with Crippen LogP contribution < -0.4 is 0 Å². The van der Waals surface area contributed by atoms with Crippen molar-refractivity contribution in [3.05, 3.63) is 0 Å². The van der Waals surface area contributed by atoms with Crippen molar-refractivity contribution in [3.8, 4) is 0 Å². The van der Waals surface area contributed by atoms with E-state index in [9.17, 15) is 0 Å². The van der Waals surface area contributed by atoms with E-state index in [-0.39, 0.29) is 21.7 Å². The molecule has 9 heteroatoms. The summed E-state index contributed by atoms with van der Waals surface area (Å²) >= 11 is 3.55. The summed E-state index contributed by atoms with van der Waals surface area (Å²) in [4.78, 5) is 0. The number of thioether (sulfide) groups is 4. The van der Waals surface area contributed by atoms with E-state index in [4.69, 9.17) is 11.3 Å². The number of hydrogen-bond donors (Lipinski definition) is 0. The zero-order chi connectivity index (χ0) is 14.1. The van der Waals surface area contributed by atoms with Gasteiger partial charge in [-0.25, -0.2) is 0 Å². The van der Waals surface area contributed by atoms with E-state index >= 15 is 0 Å². The second-order valence-electron chi connectivity index (χ2n) is 5.33. The fourth-order valence-electron chi connectivity index (χ4n) is 2.04. The molecule has 0 N–H and O–H groups in total. The summed E-state index contributed by atoms with van der Waals surface area (Å²) in [5.41, 5.74) is 0.948. The van der Waals surface area contributed by atoms with Crippen molar-refractivity contribution in [2.45, 2.75) is 47.4 Å². The molecule has 4 saturated heterocycles. The van der Waals surface area contributed by atoms with E-state index in [0.717, 1.165) is 25.7 Å². The van der Waals surface area contributed by atoms with Crippen molar-refractivity contribution in [3.63, 3.8) is 0 Å². The van der Waals surface area contributed by atoms with Gasteiger partial charge in [0, 0.05) is 0 Å². The van der Waals surface area contributed by atoms with Crippen LogP contribution in [0.1, 0.15) is 25.7 Å². The first-order chi connectivity index (χ1) is 10.3. The topological polar surface area (TPSA) is 36.9 Å². The fraction of sp³-hybridized carbons (Fsp3) is 1.00. The molecule has 0 saturated carbocycles. The summed E-state index contributed by atoms with van der Waals surface area (Å²) in [5.74, 6) is 4.73. The molecule has 0 aliphatic carbocycles. The Hall–Kier alpha value is 2.12. The van der Waals surface area contributed by atoms with Crippen LogP contribution in [-0.2, 0) is 33.3 Å². The molecule has 0 radical (unpaired) electrons. The molecule has 4 nitrogen and oxygen atoms in total. The van der Waals surface area contributed by atoms with E-state index < -0.39 is 22.0 Å². The summed E-state index contributed by atoms with van der Waals surface area (Å²) in [6.07, 6.45) is 4.42. The minimum atomic E-state index is -3.89. The molecule has 4 heterocycles. The first kappa shape index (κ1) is 16.6. The van der Waals surface area contributed by atoms with E-state index in [2.05, 4.69) is 0 Å². The van der Waals surface area contributed by atoms with Crippen molar-refractivity contribution >= 4 is 47.0 Å². The summed E-state index contributed by atoms with van der Waals surface area (Å²) < 4.78 is 25.4. The van der Waals surface area contributed by atoms with Crippen LogP contribution in [0.25, 0.3) is 0 Å². The summed E-state index contributed by atoms with van der Waals surface area (Å²) in [6.45, 7) is 0. The third-order valence-corrected chi connectivity index (χ3v) is 15.7. The van der Waals surface area contributed by atoms with Crippen LogP contribution in [0.2, 0.25) is 0 Å². The Bertz CT molecular complexity index is 292. The summed E-state index contributed by atoms with van der Waals surface area (Å²) in [7, 11) is 0. The van der Waals surface area contributed by atoms with Gasteiger partial charge in [0.2, 0.25) is 0 Å². The third-order valence-electron chi connectivity index (χ3n) is 3.73. The third kappa shape index (κ3) is 4.21. The molecule has 4 unspecified atom stereocenters. The first-order valence-electron chi connectivity index (χ1n) is 7.49. The second kappa shape index (κ2) is 7.56. The summed E-state index contributed by atoms with van der Waals surface area (Å²) in [6, 6.07) is 0. The molecule has 0 bridgehead atoms. The minimum absolute atomic E-state index is 0.237. The van der Waals surface area contributed by atoms with E-state index in [1.807, 2.05) is 47.0 Å². The van der Waals surface area contributed by atoms with Crippen molar-refractivity contribution in [2.24, 2.45) is 0 Å². The predicted molar refractivity (Wildman–Crippen MR) is 87.8 cm³/mol. The van der Waals surface area contributed by atoms with Crippen molar-refractivity contribution < 1.29 is 33.3 Å². The molecule has 120 valence electrons. The molecular weight excluding hydrogens is 428 g/mol. The van der Waals surface area contributed by atoms with Gasteiger partial charge in [0.15, 0.2) is 0 Å². The van der Waals surface area contributed by atoms with Crippen LogP contribution in [0.4, 0.5) is 0 Å². The van der Waals surface area contributed by atoms with Gasteiger partial charge in [0.05, 0.1) is 0 Å². The van der Waals surface area contributed by atoms with Gasteiger partial charge in [-0.15, -0.1) is 0 Å². The zero-order valence-corrected chi connectivity index (χ0v) is 17.5. The molecule has 4 aliphatic rings. The van der Waals surface area contributed by atoms with Crippen LogP contribution in [0, 0.1) is 0 Å². The second-order valence-corrected chi connectivity index (χ2v) is 15.2. The Morgan fingerprint density at radius 2 is 0.762 bits per heavy atom.